The second-order valence-electron chi connectivity index (χ2n) is 3.76. The van der Waals surface area contributed by atoms with Crippen LogP contribution in [-0.4, -0.2) is 36.9 Å². The van der Waals surface area contributed by atoms with Gasteiger partial charge in [0.25, 0.3) is 0 Å². The van der Waals surface area contributed by atoms with Crippen LogP contribution < -0.4 is 5.32 Å². The van der Waals surface area contributed by atoms with E-state index in [-0.39, 0.29) is 12.5 Å². The minimum absolute atomic E-state index is 0.118. The Morgan fingerprint density at radius 3 is 2.65 bits per heavy atom. The van der Waals surface area contributed by atoms with E-state index < -0.39 is 0 Å². The lowest BCUT2D eigenvalue weighted by Crippen LogP contribution is -2.37. The molecule has 0 fully saturated rings. The van der Waals surface area contributed by atoms with Gasteiger partial charge >= 0.3 is 0 Å². The molecule has 0 aliphatic carbocycles. The van der Waals surface area contributed by atoms with E-state index >= 15 is 0 Å². The molecule has 0 saturated carbocycles. The number of hydrogen-bond acceptors (Lipinski definition) is 2. The summed E-state index contributed by atoms with van der Waals surface area (Å²) in [4.78, 5) is 23.6. The van der Waals surface area contributed by atoms with Crippen LogP contribution in [0, 0.1) is 0 Å². The minimum atomic E-state index is -0.118. The summed E-state index contributed by atoms with van der Waals surface area (Å²) in [6, 6.07) is 9.90. The maximum atomic E-state index is 11.3. The average molecular weight is 234 g/mol. The van der Waals surface area contributed by atoms with Crippen LogP contribution in [-0.2, 0) is 16.0 Å². The molecule has 4 heteroatoms. The standard InChI is InChI=1S/C13H18N2O2/c1-2-14-13(17)10-15(11-16)9-8-12-6-4-3-5-7-12/h3-7,11H,2,8-10H2,1H3,(H,14,17). The summed E-state index contributed by atoms with van der Waals surface area (Å²) in [7, 11) is 0. The van der Waals surface area contributed by atoms with E-state index in [0.717, 1.165) is 18.4 Å². The Morgan fingerprint density at radius 2 is 2.06 bits per heavy atom. The van der Waals surface area contributed by atoms with Crippen molar-refractivity contribution in [1.29, 1.82) is 0 Å². The van der Waals surface area contributed by atoms with Crippen molar-refractivity contribution in [2.75, 3.05) is 19.6 Å². The van der Waals surface area contributed by atoms with Gasteiger partial charge in [-0.1, -0.05) is 30.3 Å². The summed E-state index contributed by atoms with van der Waals surface area (Å²) in [5.74, 6) is -0.118. The molecule has 92 valence electrons. The number of likely N-dealkylation sites (N-methyl/N-ethyl adjacent to an activating group) is 1. The number of carbonyl (C=O) groups excluding carboxylic acids is 2. The number of nitrogens with zero attached hydrogens (tertiary/aromatic N) is 1. The highest BCUT2D eigenvalue weighted by Crippen LogP contribution is 2.00. The number of nitrogens with one attached hydrogen (secondary N) is 1. The van der Waals surface area contributed by atoms with E-state index in [1.54, 1.807) is 0 Å². The summed E-state index contributed by atoms with van der Waals surface area (Å²) < 4.78 is 0. The Hall–Kier alpha value is -1.84. The summed E-state index contributed by atoms with van der Waals surface area (Å²) in [6.07, 6.45) is 1.48. The van der Waals surface area contributed by atoms with Gasteiger partial charge in [0.2, 0.25) is 12.3 Å². The summed E-state index contributed by atoms with van der Waals surface area (Å²) in [5, 5.41) is 2.67. The maximum absolute atomic E-state index is 11.3. The first-order valence-corrected chi connectivity index (χ1v) is 5.76. The number of hydrogen-bond donors (Lipinski definition) is 1. The third kappa shape index (κ3) is 5.15. The van der Waals surface area contributed by atoms with Gasteiger partial charge in [-0.3, -0.25) is 9.59 Å². The van der Waals surface area contributed by atoms with Crippen LogP contribution in [0.1, 0.15) is 12.5 Å². The van der Waals surface area contributed by atoms with E-state index in [1.807, 2.05) is 37.3 Å². The number of rotatable bonds is 7. The fraction of sp³-hybridized carbons (Fsp3) is 0.385. The van der Waals surface area contributed by atoms with Crippen molar-refractivity contribution in [2.24, 2.45) is 0 Å². The van der Waals surface area contributed by atoms with Gasteiger partial charge in [0.1, 0.15) is 0 Å². The summed E-state index contributed by atoms with van der Waals surface area (Å²) >= 11 is 0. The van der Waals surface area contributed by atoms with Crippen LogP contribution in [0.15, 0.2) is 30.3 Å². The van der Waals surface area contributed by atoms with Gasteiger partial charge in [0, 0.05) is 13.1 Å². The molecule has 0 unspecified atom stereocenters. The monoisotopic (exact) mass is 234 g/mol. The molecule has 1 rings (SSSR count). The van der Waals surface area contributed by atoms with Gasteiger partial charge < -0.3 is 10.2 Å². The largest absolute Gasteiger partial charge is 0.355 e. The average Bonchev–Trinajstić information content (AvgIpc) is 2.36. The fourth-order valence-corrected chi connectivity index (χ4v) is 1.52. The van der Waals surface area contributed by atoms with Gasteiger partial charge in [0.05, 0.1) is 6.54 Å². The molecule has 1 aromatic carbocycles. The molecule has 0 aliphatic rings. The zero-order valence-corrected chi connectivity index (χ0v) is 10.1. The Morgan fingerprint density at radius 1 is 1.35 bits per heavy atom. The Kier molecular flexibility index (Phi) is 5.79. The van der Waals surface area contributed by atoms with Crippen molar-refractivity contribution < 1.29 is 9.59 Å². The molecule has 0 aliphatic heterocycles. The molecule has 17 heavy (non-hydrogen) atoms. The van der Waals surface area contributed by atoms with Crippen molar-refractivity contribution in [2.45, 2.75) is 13.3 Å². The molecule has 0 radical (unpaired) electrons. The molecule has 1 aromatic rings. The van der Waals surface area contributed by atoms with Gasteiger partial charge in [-0.25, -0.2) is 0 Å². The number of amides is 2. The first-order valence-electron chi connectivity index (χ1n) is 5.76. The van der Waals surface area contributed by atoms with Gasteiger partial charge in [-0.05, 0) is 18.9 Å². The zero-order chi connectivity index (χ0) is 12.5. The molecule has 2 amide bonds. The lowest BCUT2D eigenvalue weighted by atomic mass is 10.1. The second kappa shape index (κ2) is 7.44. The molecular formula is C13H18N2O2. The number of carbonyl (C=O) groups is 2. The Labute approximate surface area is 102 Å². The van der Waals surface area contributed by atoms with Crippen molar-refractivity contribution in [3.8, 4) is 0 Å². The van der Waals surface area contributed by atoms with Crippen LogP contribution >= 0.6 is 0 Å². The van der Waals surface area contributed by atoms with Crippen LogP contribution in [0.5, 0.6) is 0 Å². The predicted octanol–water partition coefficient (Wildman–Crippen LogP) is 0.824. The van der Waals surface area contributed by atoms with E-state index in [9.17, 15) is 9.59 Å². The molecule has 0 bridgehead atoms. The van der Waals surface area contributed by atoms with E-state index in [4.69, 9.17) is 0 Å². The first kappa shape index (κ1) is 13.2. The van der Waals surface area contributed by atoms with Gasteiger partial charge in [0.15, 0.2) is 0 Å². The van der Waals surface area contributed by atoms with Crippen LogP contribution in [0.4, 0.5) is 0 Å². The van der Waals surface area contributed by atoms with E-state index in [1.165, 1.54) is 4.90 Å². The van der Waals surface area contributed by atoms with Crippen molar-refractivity contribution in [1.82, 2.24) is 10.2 Å². The molecule has 0 heterocycles. The van der Waals surface area contributed by atoms with Crippen LogP contribution in [0.3, 0.4) is 0 Å². The summed E-state index contributed by atoms with van der Waals surface area (Å²) in [5.41, 5.74) is 1.16. The van der Waals surface area contributed by atoms with Crippen molar-refractivity contribution >= 4 is 12.3 Å². The third-order valence-corrected chi connectivity index (χ3v) is 2.40. The highest BCUT2D eigenvalue weighted by Gasteiger charge is 2.07. The smallest absolute Gasteiger partial charge is 0.239 e. The predicted molar refractivity (Wildman–Crippen MR) is 66.5 cm³/mol. The zero-order valence-electron chi connectivity index (χ0n) is 10.1. The first-order chi connectivity index (χ1) is 8.26. The lowest BCUT2D eigenvalue weighted by Gasteiger charge is -2.16. The topological polar surface area (TPSA) is 49.4 Å². The maximum Gasteiger partial charge on any atom is 0.239 e. The van der Waals surface area contributed by atoms with Crippen LogP contribution in [0.25, 0.3) is 0 Å². The quantitative estimate of drug-likeness (QED) is 0.710. The SMILES string of the molecule is CCNC(=O)CN(C=O)CCc1ccccc1. The van der Waals surface area contributed by atoms with Crippen molar-refractivity contribution in [3.63, 3.8) is 0 Å². The molecular weight excluding hydrogens is 216 g/mol. The molecule has 0 saturated heterocycles. The summed E-state index contributed by atoms with van der Waals surface area (Å²) in [6.45, 7) is 3.13. The number of benzene rings is 1. The normalized spacial score (nSPS) is 9.71. The Bertz CT molecular complexity index is 352. The molecule has 0 spiro atoms. The minimum Gasteiger partial charge on any atom is -0.355 e. The van der Waals surface area contributed by atoms with Crippen LogP contribution in [0.2, 0.25) is 0 Å². The van der Waals surface area contributed by atoms with E-state index in [2.05, 4.69) is 5.32 Å². The van der Waals surface area contributed by atoms with E-state index in [0.29, 0.717) is 13.1 Å². The highest BCUT2D eigenvalue weighted by atomic mass is 16.2. The molecule has 0 aromatic heterocycles. The molecule has 1 N–H and O–H groups in total. The highest BCUT2D eigenvalue weighted by molar-refractivity contribution is 5.79. The lowest BCUT2D eigenvalue weighted by molar-refractivity contribution is -0.127. The third-order valence-electron chi connectivity index (χ3n) is 2.40. The van der Waals surface area contributed by atoms with Crippen molar-refractivity contribution in [3.05, 3.63) is 35.9 Å². The molecule has 0 atom stereocenters. The second-order valence-corrected chi connectivity index (χ2v) is 3.76. The Balaban J connectivity index is 2.37. The van der Waals surface area contributed by atoms with Gasteiger partial charge in [-0.15, -0.1) is 0 Å². The molecule has 4 nitrogen and oxygen atoms in total. The fourth-order valence-electron chi connectivity index (χ4n) is 1.52. The van der Waals surface area contributed by atoms with Gasteiger partial charge in [-0.2, -0.15) is 0 Å².